The topological polar surface area (TPSA) is 89.5 Å². The van der Waals surface area contributed by atoms with Crippen LogP contribution in [0.1, 0.15) is 47.0 Å². The van der Waals surface area contributed by atoms with Crippen molar-refractivity contribution in [1.82, 2.24) is 0 Å². The van der Waals surface area contributed by atoms with Gasteiger partial charge in [0.1, 0.15) is 5.00 Å². The second kappa shape index (κ2) is 9.49. The molecule has 1 aromatic heterocycles. The molecule has 0 bridgehead atoms. The minimum absolute atomic E-state index is 0.0341. The van der Waals surface area contributed by atoms with Gasteiger partial charge in [0.15, 0.2) is 9.84 Å². The van der Waals surface area contributed by atoms with Crippen molar-refractivity contribution in [3.05, 3.63) is 45.3 Å². The van der Waals surface area contributed by atoms with Crippen LogP contribution in [0.5, 0.6) is 0 Å². The van der Waals surface area contributed by atoms with E-state index in [0.29, 0.717) is 21.5 Å². The van der Waals surface area contributed by atoms with Crippen LogP contribution in [0.25, 0.3) is 0 Å². The zero-order valence-corrected chi connectivity index (χ0v) is 19.3. The molecule has 1 aromatic carbocycles. The monoisotopic (exact) mass is 469 g/mol. The highest BCUT2D eigenvalue weighted by molar-refractivity contribution is 7.91. The number of fused-ring (bicyclic) bond motifs is 1. The quantitative estimate of drug-likeness (QED) is 0.603. The first-order valence-electron chi connectivity index (χ1n) is 9.72. The molecule has 0 saturated carbocycles. The van der Waals surface area contributed by atoms with Gasteiger partial charge < -0.3 is 10.1 Å². The molecule has 1 aliphatic carbocycles. The Balaban J connectivity index is 1.65. The summed E-state index contributed by atoms with van der Waals surface area (Å²) < 4.78 is 29.7. The van der Waals surface area contributed by atoms with Crippen LogP contribution in [-0.4, -0.2) is 33.2 Å². The van der Waals surface area contributed by atoms with Crippen LogP contribution in [0.4, 0.5) is 5.00 Å². The third-order valence-electron chi connectivity index (χ3n) is 5.14. The van der Waals surface area contributed by atoms with Crippen molar-refractivity contribution in [1.29, 1.82) is 0 Å². The van der Waals surface area contributed by atoms with Gasteiger partial charge in [0, 0.05) is 16.3 Å². The number of hydrogen-bond acceptors (Lipinski definition) is 6. The molecule has 162 valence electrons. The first kappa shape index (κ1) is 22.8. The van der Waals surface area contributed by atoms with E-state index in [2.05, 4.69) is 12.2 Å². The Morgan fingerprint density at radius 3 is 2.63 bits per heavy atom. The van der Waals surface area contributed by atoms with Crippen molar-refractivity contribution in [3.63, 3.8) is 0 Å². The molecule has 1 amide bonds. The van der Waals surface area contributed by atoms with E-state index < -0.39 is 15.8 Å². The van der Waals surface area contributed by atoms with Gasteiger partial charge in [-0.1, -0.05) is 18.5 Å². The maximum Gasteiger partial charge on any atom is 0.341 e. The molecule has 6 nitrogen and oxygen atoms in total. The first-order chi connectivity index (χ1) is 14.2. The summed E-state index contributed by atoms with van der Waals surface area (Å²) in [4.78, 5) is 26.0. The number of nitrogens with one attached hydrogen (secondary N) is 1. The highest BCUT2D eigenvalue weighted by Crippen LogP contribution is 2.40. The number of hydrogen-bond donors (Lipinski definition) is 1. The standard InChI is InChI=1S/C21H24ClNO5S2/c1-13-5-10-16-17(12-13)29-20(19(16)21(25)28-2)23-18(24)4-3-11-30(26,27)15-8-6-14(22)7-9-15/h6-9,13H,3-5,10-12H2,1-2H3,(H,23,24). The van der Waals surface area contributed by atoms with Crippen LogP contribution in [0.15, 0.2) is 29.2 Å². The van der Waals surface area contributed by atoms with Crippen LogP contribution >= 0.6 is 22.9 Å². The van der Waals surface area contributed by atoms with E-state index in [4.69, 9.17) is 16.3 Å². The molecule has 0 saturated heterocycles. The summed E-state index contributed by atoms with van der Waals surface area (Å²) in [6.45, 7) is 2.17. The number of ether oxygens (including phenoxy) is 1. The number of amides is 1. The van der Waals surface area contributed by atoms with Crippen LogP contribution in [-0.2, 0) is 32.2 Å². The number of benzene rings is 1. The Kier molecular flexibility index (Phi) is 7.21. The lowest BCUT2D eigenvalue weighted by molar-refractivity contribution is -0.116. The second-order valence-corrected chi connectivity index (χ2v) is 11.1. The molecule has 0 fully saturated rings. The Labute approximate surface area is 185 Å². The molecule has 1 N–H and O–H groups in total. The average molecular weight is 470 g/mol. The molecule has 0 radical (unpaired) electrons. The third kappa shape index (κ3) is 5.22. The van der Waals surface area contributed by atoms with Gasteiger partial charge in [-0.05, 0) is 61.4 Å². The minimum Gasteiger partial charge on any atom is -0.465 e. The van der Waals surface area contributed by atoms with Crippen molar-refractivity contribution in [2.75, 3.05) is 18.2 Å². The lowest BCUT2D eigenvalue weighted by atomic mass is 9.88. The fourth-order valence-electron chi connectivity index (χ4n) is 3.53. The van der Waals surface area contributed by atoms with E-state index in [0.717, 1.165) is 29.7 Å². The largest absolute Gasteiger partial charge is 0.465 e. The highest BCUT2D eigenvalue weighted by atomic mass is 35.5. The number of anilines is 1. The molecule has 1 heterocycles. The molecule has 3 rings (SSSR count). The van der Waals surface area contributed by atoms with Crippen molar-refractivity contribution < 1.29 is 22.7 Å². The van der Waals surface area contributed by atoms with Crippen molar-refractivity contribution in [2.45, 2.75) is 43.9 Å². The summed E-state index contributed by atoms with van der Waals surface area (Å²) >= 11 is 7.21. The minimum atomic E-state index is -3.49. The van der Waals surface area contributed by atoms with Crippen LogP contribution < -0.4 is 5.32 Å². The number of thiophene rings is 1. The second-order valence-electron chi connectivity index (χ2n) is 7.47. The fourth-order valence-corrected chi connectivity index (χ4v) is 6.38. The van der Waals surface area contributed by atoms with Crippen LogP contribution in [0.2, 0.25) is 5.02 Å². The lowest BCUT2D eigenvalue weighted by Gasteiger charge is -2.18. The van der Waals surface area contributed by atoms with Gasteiger partial charge in [-0.2, -0.15) is 0 Å². The van der Waals surface area contributed by atoms with Crippen molar-refractivity contribution in [2.24, 2.45) is 5.92 Å². The molecule has 2 aromatic rings. The third-order valence-corrected chi connectivity index (χ3v) is 8.38. The van der Waals surface area contributed by atoms with E-state index in [-0.39, 0.29) is 29.4 Å². The maximum absolute atomic E-state index is 12.5. The smallest absolute Gasteiger partial charge is 0.341 e. The summed E-state index contributed by atoms with van der Waals surface area (Å²) in [6, 6.07) is 5.96. The predicted octanol–water partition coefficient (Wildman–Crippen LogP) is 4.51. The van der Waals surface area contributed by atoms with E-state index >= 15 is 0 Å². The summed E-state index contributed by atoms with van der Waals surface area (Å²) in [5, 5.41) is 3.75. The summed E-state index contributed by atoms with van der Waals surface area (Å²) in [5.74, 6) is -0.395. The number of halogens is 1. The van der Waals surface area contributed by atoms with E-state index in [1.807, 2.05) is 0 Å². The van der Waals surface area contributed by atoms with E-state index in [1.54, 1.807) is 0 Å². The maximum atomic E-state index is 12.5. The highest BCUT2D eigenvalue weighted by Gasteiger charge is 2.29. The normalized spacial score (nSPS) is 16.0. The summed E-state index contributed by atoms with van der Waals surface area (Å²) in [5.41, 5.74) is 1.40. The molecule has 9 heteroatoms. The number of sulfone groups is 1. The first-order valence-corrected chi connectivity index (χ1v) is 12.6. The van der Waals surface area contributed by atoms with Crippen molar-refractivity contribution >= 4 is 49.7 Å². The van der Waals surface area contributed by atoms with Gasteiger partial charge in [0.05, 0.1) is 23.3 Å². The molecule has 1 unspecified atom stereocenters. The summed E-state index contributed by atoms with van der Waals surface area (Å²) in [7, 11) is -2.17. The fraction of sp³-hybridized carbons (Fsp3) is 0.429. The number of carbonyl (C=O) groups is 2. The molecular formula is C21H24ClNO5S2. The lowest BCUT2D eigenvalue weighted by Crippen LogP contribution is -2.17. The number of methoxy groups -OCH3 is 1. The number of rotatable bonds is 7. The molecule has 1 atom stereocenters. The van der Waals surface area contributed by atoms with Gasteiger partial charge in [-0.3, -0.25) is 4.79 Å². The van der Waals surface area contributed by atoms with E-state index in [9.17, 15) is 18.0 Å². The van der Waals surface area contributed by atoms with Gasteiger partial charge in [-0.25, -0.2) is 13.2 Å². The molecule has 0 spiro atoms. The van der Waals surface area contributed by atoms with Crippen LogP contribution in [0, 0.1) is 5.92 Å². The summed E-state index contributed by atoms with van der Waals surface area (Å²) in [6.07, 6.45) is 2.86. The zero-order valence-electron chi connectivity index (χ0n) is 16.9. The van der Waals surface area contributed by atoms with Crippen LogP contribution in [0.3, 0.4) is 0 Å². The number of esters is 1. The Morgan fingerprint density at radius 1 is 1.27 bits per heavy atom. The van der Waals surface area contributed by atoms with E-state index in [1.165, 1.54) is 42.7 Å². The molecular weight excluding hydrogens is 446 g/mol. The van der Waals surface area contributed by atoms with Crippen molar-refractivity contribution in [3.8, 4) is 0 Å². The Bertz CT molecular complexity index is 1040. The number of carbonyl (C=O) groups excluding carboxylic acids is 2. The molecule has 1 aliphatic rings. The van der Waals surface area contributed by atoms with Gasteiger partial charge in [-0.15, -0.1) is 11.3 Å². The van der Waals surface area contributed by atoms with Gasteiger partial charge in [0.25, 0.3) is 0 Å². The molecule has 0 aliphatic heterocycles. The zero-order chi connectivity index (χ0) is 21.9. The SMILES string of the molecule is COC(=O)c1c(NC(=O)CCCS(=O)(=O)c2ccc(Cl)cc2)sc2c1CCC(C)C2. The Morgan fingerprint density at radius 2 is 1.97 bits per heavy atom. The average Bonchev–Trinajstić information content (AvgIpc) is 3.04. The van der Waals surface area contributed by atoms with Gasteiger partial charge >= 0.3 is 5.97 Å². The predicted molar refractivity (Wildman–Crippen MR) is 118 cm³/mol. The van der Waals surface area contributed by atoms with Gasteiger partial charge in [0.2, 0.25) is 5.91 Å². The molecule has 30 heavy (non-hydrogen) atoms. The Hall–Kier alpha value is -1.90.